The van der Waals surface area contributed by atoms with Gasteiger partial charge in [0.2, 0.25) is 0 Å². The lowest BCUT2D eigenvalue weighted by Gasteiger charge is -2.40. The third-order valence-corrected chi connectivity index (χ3v) is 5.03. The minimum absolute atomic E-state index is 0.101. The maximum absolute atomic E-state index is 4.84. The third kappa shape index (κ3) is 4.27. The zero-order valence-electron chi connectivity index (χ0n) is 14.4. The molecule has 0 spiro atoms. The van der Waals surface area contributed by atoms with E-state index in [-0.39, 0.29) is 11.0 Å². The van der Waals surface area contributed by atoms with Gasteiger partial charge in [-0.05, 0) is 34.5 Å². The Kier molecular flexibility index (Phi) is 5.76. The Morgan fingerprint density at radius 1 is 1.25 bits per heavy atom. The summed E-state index contributed by atoms with van der Waals surface area (Å²) in [5.41, 5.74) is 1.44. The van der Waals surface area contributed by atoms with Crippen molar-refractivity contribution in [2.24, 2.45) is 0 Å². The summed E-state index contributed by atoms with van der Waals surface area (Å²) in [5, 5.41) is 7.07. The summed E-state index contributed by atoms with van der Waals surface area (Å²) in [6.45, 7) is 14.4. The van der Waals surface area contributed by atoms with Gasteiger partial charge in [0.15, 0.2) is 0 Å². The molecule has 0 aliphatic heterocycles. The normalized spacial score (nSPS) is 14.8. The molecule has 0 amide bonds. The van der Waals surface area contributed by atoms with Gasteiger partial charge >= 0.3 is 0 Å². The van der Waals surface area contributed by atoms with Crippen LogP contribution in [0.5, 0.6) is 0 Å². The summed E-state index contributed by atoms with van der Waals surface area (Å²) in [5.74, 6) is 0. The second kappa shape index (κ2) is 6.54. The van der Waals surface area contributed by atoms with Crippen LogP contribution in [0.15, 0.2) is 5.38 Å². The van der Waals surface area contributed by atoms with Crippen molar-refractivity contribution in [1.82, 2.24) is 15.2 Å². The van der Waals surface area contributed by atoms with E-state index in [1.165, 1.54) is 10.7 Å². The summed E-state index contributed by atoms with van der Waals surface area (Å²) in [6.07, 6.45) is 0.986. The summed E-state index contributed by atoms with van der Waals surface area (Å²) in [6, 6.07) is 0.404. The Morgan fingerprint density at radius 2 is 1.85 bits per heavy atom. The minimum atomic E-state index is 0.101. The predicted molar refractivity (Wildman–Crippen MR) is 89.7 cm³/mol. The number of hydrogen-bond donors (Lipinski definition) is 1. The zero-order chi connectivity index (χ0) is 15.6. The highest BCUT2D eigenvalue weighted by Gasteiger charge is 2.32. The smallest absolute Gasteiger partial charge is 0.0944 e. The molecule has 0 radical (unpaired) electrons. The molecule has 1 aromatic heterocycles. The average Bonchev–Trinajstić information content (AvgIpc) is 2.76. The van der Waals surface area contributed by atoms with Gasteiger partial charge in [-0.3, -0.25) is 0 Å². The Bertz CT molecular complexity index is 416. The highest BCUT2D eigenvalue weighted by Crippen LogP contribution is 2.26. The average molecular weight is 298 g/mol. The van der Waals surface area contributed by atoms with E-state index in [9.17, 15) is 0 Å². The second-order valence-corrected chi connectivity index (χ2v) is 8.18. The van der Waals surface area contributed by atoms with Crippen molar-refractivity contribution >= 4 is 11.3 Å². The lowest BCUT2D eigenvalue weighted by atomic mass is 9.90. The molecule has 0 bridgehead atoms. The van der Waals surface area contributed by atoms with Crippen LogP contribution in [0.1, 0.15) is 52.2 Å². The lowest BCUT2D eigenvalue weighted by Crippen LogP contribution is -2.56. The fourth-order valence-electron chi connectivity index (χ4n) is 2.05. The Hall–Kier alpha value is -0.450. The summed E-state index contributed by atoms with van der Waals surface area (Å²) in [7, 11) is 4.29. The maximum atomic E-state index is 4.84. The van der Waals surface area contributed by atoms with Crippen LogP contribution in [0.4, 0.5) is 0 Å². The molecule has 0 saturated carbocycles. The molecule has 1 unspecified atom stereocenters. The molecule has 20 heavy (non-hydrogen) atoms. The Balaban J connectivity index is 2.89. The zero-order valence-corrected chi connectivity index (χ0v) is 15.2. The molecule has 4 heteroatoms. The topological polar surface area (TPSA) is 28.2 Å². The molecule has 0 aliphatic rings. The first-order chi connectivity index (χ1) is 9.09. The van der Waals surface area contributed by atoms with Gasteiger partial charge in [0.05, 0.1) is 10.7 Å². The molecule has 116 valence electrons. The first-order valence-electron chi connectivity index (χ1n) is 7.44. The molecule has 0 aliphatic carbocycles. The number of rotatable bonds is 6. The monoisotopic (exact) mass is 297 g/mol. The lowest BCUT2D eigenvalue weighted by molar-refractivity contribution is 0.138. The van der Waals surface area contributed by atoms with Gasteiger partial charge in [0, 0.05) is 28.8 Å². The highest BCUT2D eigenvalue weighted by atomic mass is 32.1. The summed E-state index contributed by atoms with van der Waals surface area (Å²) < 4.78 is 0. The molecule has 0 aromatic carbocycles. The van der Waals surface area contributed by atoms with Crippen LogP contribution in [-0.4, -0.2) is 42.1 Å². The fraction of sp³-hybridized carbons (Fsp3) is 0.812. The van der Waals surface area contributed by atoms with Crippen molar-refractivity contribution < 1.29 is 0 Å². The van der Waals surface area contributed by atoms with E-state index in [1.807, 2.05) is 0 Å². The number of hydrogen-bond acceptors (Lipinski definition) is 4. The summed E-state index contributed by atoms with van der Waals surface area (Å²) in [4.78, 5) is 7.13. The van der Waals surface area contributed by atoms with Crippen LogP contribution in [0.3, 0.4) is 0 Å². The standard InChI is InChI=1S/C16H31N3S/c1-9-17-12(16(5,6)19(7)8)10-14-18-13(11-20-14)15(2,3)4/h11-12,17H,9-10H2,1-8H3. The molecule has 3 nitrogen and oxygen atoms in total. The van der Waals surface area contributed by atoms with Crippen molar-refractivity contribution in [3.63, 3.8) is 0 Å². The summed E-state index contributed by atoms with van der Waals surface area (Å²) >= 11 is 1.79. The molecule has 0 fully saturated rings. The molecular formula is C16H31N3S. The molecule has 1 N–H and O–H groups in total. The van der Waals surface area contributed by atoms with Crippen LogP contribution < -0.4 is 5.32 Å². The van der Waals surface area contributed by atoms with E-state index in [2.05, 4.69) is 71.2 Å². The van der Waals surface area contributed by atoms with Gasteiger partial charge in [-0.1, -0.05) is 27.7 Å². The first kappa shape index (κ1) is 17.6. The van der Waals surface area contributed by atoms with Crippen LogP contribution in [-0.2, 0) is 11.8 Å². The van der Waals surface area contributed by atoms with Gasteiger partial charge in [0.25, 0.3) is 0 Å². The molecular weight excluding hydrogens is 266 g/mol. The quantitative estimate of drug-likeness (QED) is 0.873. The number of thiazole rings is 1. The molecule has 0 saturated heterocycles. The Morgan fingerprint density at radius 3 is 2.25 bits per heavy atom. The SMILES string of the molecule is CCNC(Cc1nc(C(C)(C)C)cs1)C(C)(C)N(C)C. The minimum Gasteiger partial charge on any atom is -0.312 e. The van der Waals surface area contributed by atoms with E-state index in [4.69, 9.17) is 4.98 Å². The number of aromatic nitrogens is 1. The van der Waals surface area contributed by atoms with Gasteiger partial charge in [-0.2, -0.15) is 0 Å². The van der Waals surface area contributed by atoms with Crippen LogP contribution in [0.2, 0.25) is 0 Å². The van der Waals surface area contributed by atoms with E-state index >= 15 is 0 Å². The van der Waals surface area contributed by atoms with E-state index in [0.717, 1.165) is 13.0 Å². The largest absolute Gasteiger partial charge is 0.312 e. The number of nitrogens with one attached hydrogen (secondary N) is 1. The van der Waals surface area contributed by atoms with Crippen molar-refractivity contribution in [3.05, 3.63) is 16.1 Å². The van der Waals surface area contributed by atoms with Crippen LogP contribution in [0, 0.1) is 0 Å². The second-order valence-electron chi connectivity index (χ2n) is 7.24. The van der Waals surface area contributed by atoms with Gasteiger partial charge in [0.1, 0.15) is 0 Å². The molecule has 1 heterocycles. The predicted octanol–water partition coefficient (Wildman–Crippen LogP) is 3.30. The number of likely N-dealkylation sites (N-methyl/N-ethyl adjacent to an activating group) is 2. The van der Waals surface area contributed by atoms with Gasteiger partial charge in [-0.15, -0.1) is 11.3 Å². The van der Waals surface area contributed by atoms with Crippen molar-refractivity contribution in [3.8, 4) is 0 Å². The molecule has 1 aromatic rings. The maximum Gasteiger partial charge on any atom is 0.0944 e. The van der Waals surface area contributed by atoms with Crippen molar-refractivity contribution in [2.75, 3.05) is 20.6 Å². The van der Waals surface area contributed by atoms with Gasteiger partial charge in [-0.25, -0.2) is 4.98 Å². The van der Waals surface area contributed by atoms with E-state index < -0.39 is 0 Å². The van der Waals surface area contributed by atoms with E-state index in [1.54, 1.807) is 11.3 Å². The fourth-order valence-corrected chi connectivity index (χ4v) is 3.12. The van der Waals surface area contributed by atoms with Gasteiger partial charge < -0.3 is 10.2 Å². The van der Waals surface area contributed by atoms with Crippen molar-refractivity contribution in [2.45, 2.75) is 65.0 Å². The number of nitrogens with zero attached hydrogens (tertiary/aromatic N) is 2. The van der Waals surface area contributed by atoms with Crippen LogP contribution >= 0.6 is 11.3 Å². The molecule has 1 rings (SSSR count). The van der Waals surface area contributed by atoms with Crippen LogP contribution in [0.25, 0.3) is 0 Å². The Labute approximate surface area is 128 Å². The first-order valence-corrected chi connectivity index (χ1v) is 8.32. The van der Waals surface area contributed by atoms with Crippen molar-refractivity contribution in [1.29, 1.82) is 0 Å². The molecule has 1 atom stereocenters. The van der Waals surface area contributed by atoms with E-state index in [0.29, 0.717) is 6.04 Å². The highest BCUT2D eigenvalue weighted by molar-refractivity contribution is 7.09. The third-order valence-electron chi connectivity index (χ3n) is 4.15.